The van der Waals surface area contributed by atoms with Crippen molar-refractivity contribution < 1.29 is 4.92 Å². The average molecular weight is 283 g/mol. The first kappa shape index (κ1) is 12.8. The molecule has 1 aromatic carbocycles. The van der Waals surface area contributed by atoms with Crippen molar-refractivity contribution in [3.05, 3.63) is 56.2 Å². The van der Waals surface area contributed by atoms with Crippen molar-refractivity contribution in [1.82, 2.24) is 4.98 Å². The van der Waals surface area contributed by atoms with Gasteiger partial charge < -0.3 is 0 Å². The number of nitro groups is 1. The topological polar surface area (TPSA) is 56.0 Å². The second-order valence-corrected chi connectivity index (χ2v) is 4.55. The van der Waals surface area contributed by atoms with Gasteiger partial charge >= 0.3 is 0 Å². The number of hydrogen-bond acceptors (Lipinski definition) is 3. The van der Waals surface area contributed by atoms with E-state index < -0.39 is 4.92 Å². The summed E-state index contributed by atoms with van der Waals surface area (Å²) in [6, 6.07) is 6.36. The Labute approximate surface area is 113 Å². The maximum atomic E-state index is 11.0. The molecule has 2 rings (SSSR count). The summed E-state index contributed by atoms with van der Waals surface area (Å²) in [5, 5.41) is 11.7. The van der Waals surface area contributed by atoms with Crippen LogP contribution in [0.25, 0.3) is 11.3 Å². The molecule has 4 nitrogen and oxygen atoms in total. The molecular weight excluding hydrogens is 275 g/mol. The maximum Gasteiger partial charge on any atom is 0.295 e. The Hall–Kier alpha value is -1.65. The fourth-order valence-electron chi connectivity index (χ4n) is 1.61. The summed E-state index contributed by atoms with van der Waals surface area (Å²) in [5.74, 6) is 0. The molecule has 0 aliphatic carbocycles. The zero-order chi connectivity index (χ0) is 13.3. The molecule has 0 fully saturated rings. The molecule has 1 aromatic heterocycles. The van der Waals surface area contributed by atoms with E-state index >= 15 is 0 Å². The lowest BCUT2D eigenvalue weighted by Crippen LogP contribution is -1.96. The summed E-state index contributed by atoms with van der Waals surface area (Å²) < 4.78 is 0. The summed E-state index contributed by atoms with van der Waals surface area (Å²) >= 11 is 12.1. The van der Waals surface area contributed by atoms with Gasteiger partial charge in [-0.15, -0.1) is 0 Å². The van der Waals surface area contributed by atoms with Gasteiger partial charge in [-0.2, -0.15) is 0 Å². The molecule has 92 valence electrons. The predicted molar refractivity (Wildman–Crippen MR) is 71.1 cm³/mol. The van der Waals surface area contributed by atoms with Gasteiger partial charge in [-0.1, -0.05) is 29.3 Å². The van der Waals surface area contributed by atoms with Gasteiger partial charge in [0, 0.05) is 17.8 Å². The normalized spacial score (nSPS) is 10.4. The van der Waals surface area contributed by atoms with Crippen LogP contribution in [0.1, 0.15) is 5.56 Å². The number of halogens is 2. The summed E-state index contributed by atoms with van der Waals surface area (Å²) in [6.07, 6.45) is 1.54. The van der Waals surface area contributed by atoms with Crippen LogP contribution >= 0.6 is 23.2 Å². The van der Waals surface area contributed by atoms with Crippen molar-refractivity contribution >= 4 is 28.9 Å². The van der Waals surface area contributed by atoms with Crippen LogP contribution in [0.5, 0.6) is 0 Å². The number of aryl methyl sites for hydroxylation is 1. The van der Waals surface area contributed by atoms with E-state index in [1.54, 1.807) is 31.3 Å². The van der Waals surface area contributed by atoms with Crippen LogP contribution in [-0.2, 0) is 0 Å². The first-order valence-electron chi connectivity index (χ1n) is 5.06. The molecule has 0 unspecified atom stereocenters. The standard InChI is InChI=1S/C12H8Cl2N2O2/c1-7-5-10(16(17)18)12(15-6-7)11-8(13)3-2-4-9(11)14/h2-6H,1H3. The fourth-order valence-corrected chi connectivity index (χ4v) is 2.19. The van der Waals surface area contributed by atoms with Crippen molar-refractivity contribution in [2.45, 2.75) is 6.92 Å². The minimum absolute atomic E-state index is 0.106. The van der Waals surface area contributed by atoms with Crippen LogP contribution < -0.4 is 0 Å². The van der Waals surface area contributed by atoms with Gasteiger partial charge in [0.15, 0.2) is 5.69 Å². The van der Waals surface area contributed by atoms with Gasteiger partial charge in [0.05, 0.1) is 15.0 Å². The Bertz CT molecular complexity index is 609. The molecule has 1 heterocycles. The van der Waals surface area contributed by atoms with Gasteiger partial charge in [-0.3, -0.25) is 10.1 Å². The molecule has 0 spiro atoms. The number of nitrogens with zero attached hydrogens (tertiary/aromatic N) is 2. The van der Waals surface area contributed by atoms with Gasteiger partial charge in [-0.05, 0) is 24.6 Å². The summed E-state index contributed by atoms with van der Waals surface area (Å²) in [6.45, 7) is 1.73. The molecule has 0 saturated carbocycles. The van der Waals surface area contributed by atoms with E-state index in [0.29, 0.717) is 21.2 Å². The van der Waals surface area contributed by atoms with Crippen LogP contribution in [0.15, 0.2) is 30.5 Å². The van der Waals surface area contributed by atoms with Crippen LogP contribution in [0, 0.1) is 17.0 Å². The van der Waals surface area contributed by atoms with Crippen LogP contribution in [-0.4, -0.2) is 9.91 Å². The van der Waals surface area contributed by atoms with Crippen molar-refractivity contribution in [2.75, 3.05) is 0 Å². The van der Waals surface area contributed by atoms with E-state index in [0.717, 1.165) is 0 Å². The highest BCUT2D eigenvalue weighted by molar-refractivity contribution is 6.39. The van der Waals surface area contributed by atoms with E-state index in [1.807, 2.05) is 0 Å². The third-order valence-electron chi connectivity index (χ3n) is 2.40. The smallest absolute Gasteiger partial charge is 0.258 e. The van der Waals surface area contributed by atoms with E-state index in [9.17, 15) is 10.1 Å². The van der Waals surface area contributed by atoms with E-state index in [1.165, 1.54) is 6.07 Å². The summed E-state index contributed by atoms with van der Waals surface area (Å²) in [5.41, 5.74) is 1.16. The highest BCUT2D eigenvalue weighted by Gasteiger charge is 2.21. The number of pyridine rings is 1. The Morgan fingerprint density at radius 1 is 1.28 bits per heavy atom. The zero-order valence-electron chi connectivity index (χ0n) is 9.35. The molecule has 0 N–H and O–H groups in total. The average Bonchev–Trinajstić information content (AvgIpc) is 2.30. The van der Waals surface area contributed by atoms with Crippen LogP contribution in [0.2, 0.25) is 10.0 Å². The highest BCUT2D eigenvalue weighted by atomic mass is 35.5. The lowest BCUT2D eigenvalue weighted by Gasteiger charge is -2.07. The highest BCUT2D eigenvalue weighted by Crippen LogP contribution is 2.38. The second-order valence-electron chi connectivity index (χ2n) is 3.73. The SMILES string of the molecule is Cc1cnc(-c2c(Cl)cccc2Cl)c([N+](=O)[O-])c1. The molecule has 0 atom stereocenters. The monoisotopic (exact) mass is 282 g/mol. The molecule has 0 aliphatic rings. The van der Waals surface area contributed by atoms with Crippen molar-refractivity contribution in [3.63, 3.8) is 0 Å². The Kier molecular flexibility index (Phi) is 3.50. The second kappa shape index (κ2) is 4.92. The van der Waals surface area contributed by atoms with Gasteiger partial charge in [0.2, 0.25) is 0 Å². The number of hydrogen-bond donors (Lipinski definition) is 0. The Morgan fingerprint density at radius 2 is 1.89 bits per heavy atom. The lowest BCUT2D eigenvalue weighted by molar-refractivity contribution is -0.384. The number of rotatable bonds is 2. The number of aromatic nitrogens is 1. The van der Waals surface area contributed by atoms with Crippen molar-refractivity contribution in [1.29, 1.82) is 0 Å². The van der Waals surface area contributed by atoms with Gasteiger partial charge in [0.25, 0.3) is 5.69 Å². The molecule has 0 amide bonds. The molecule has 0 saturated heterocycles. The maximum absolute atomic E-state index is 11.0. The molecule has 18 heavy (non-hydrogen) atoms. The van der Waals surface area contributed by atoms with Crippen LogP contribution in [0.4, 0.5) is 5.69 Å². The van der Waals surface area contributed by atoms with Crippen molar-refractivity contribution in [2.24, 2.45) is 0 Å². The van der Waals surface area contributed by atoms with Gasteiger partial charge in [0.1, 0.15) is 0 Å². The Balaban J connectivity index is 2.75. The predicted octanol–water partition coefficient (Wildman–Crippen LogP) is 4.27. The quantitative estimate of drug-likeness (QED) is 0.610. The summed E-state index contributed by atoms with van der Waals surface area (Å²) in [4.78, 5) is 14.6. The molecule has 0 radical (unpaired) electrons. The van der Waals surface area contributed by atoms with Crippen molar-refractivity contribution in [3.8, 4) is 11.3 Å². The summed E-state index contributed by atoms with van der Waals surface area (Å²) in [7, 11) is 0. The zero-order valence-corrected chi connectivity index (χ0v) is 10.9. The lowest BCUT2D eigenvalue weighted by atomic mass is 10.1. The third kappa shape index (κ3) is 2.30. The van der Waals surface area contributed by atoms with Crippen LogP contribution in [0.3, 0.4) is 0 Å². The molecular formula is C12H8Cl2N2O2. The fraction of sp³-hybridized carbons (Fsp3) is 0.0833. The van der Waals surface area contributed by atoms with E-state index in [-0.39, 0.29) is 11.4 Å². The molecule has 6 heteroatoms. The minimum Gasteiger partial charge on any atom is -0.258 e. The Morgan fingerprint density at radius 3 is 2.44 bits per heavy atom. The van der Waals surface area contributed by atoms with E-state index in [2.05, 4.69) is 4.98 Å². The largest absolute Gasteiger partial charge is 0.295 e. The molecule has 0 bridgehead atoms. The van der Waals surface area contributed by atoms with Gasteiger partial charge in [-0.25, -0.2) is 4.98 Å². The first-order valence-corrected chi connectivity index (χ1v) is 5.81. The third-order valence-corrected chi connectivity index (χ3v) is 3.03. The molecule has 0 aliphatic heterocycles. The molecule has 2 aromatic rings. The van der Waals surface area contributed by atoms with E-state index in [4.69, 9.17) is 23.2 Å². The number of benzene rings is 1. The first-order chi connectivity index (χ1) is 8.50. The minimum atomic E-state index is -0.491.